The summed E-state index contributed by atoms with van der Waals surface area (Å²) in [6.07, 6.45) is 1.83. The lowest BCUT2D eigenvalue weighted by atomic mass is 10.1. The molecule has 94 valence electrons. The SMILES string of the molecule is CC1CNC(c2ccc(Cl)c3cccnc23)SC1. The van der Waals surface area contributed by atoms with E-state index in [-0.39, 0.29) is 0 Å². The third kappa shape index (κ3) is 2.22. The zero-order valence-electron chi connectivity index (χ0n) is 10.2. The number of nitrogens with one attached hydrogen (secondary N) is 1. The number of thioether (sulfide) groups is 1. The maximum Gasteiger partial charge on any atom is 0.0810 e. The molecule has 2 nitrogen and oxygen atoms in total. The number of nitrogens with zero attached hydrogens (tertiary/aromatic N) is 1. The second-order valence-electron chi connectivity index (χ2n) is 4.76. The van der Waals surface area contributed by atoms with E-state index in [1.165, 1.54) is 11.3 Å². The van der Waals surface area contributed by atoms with Crippen molar-refractivity contribution in [2.24, 2.45) is 5.92 Å². The average molecular weight is 279 g/mol. The molecule has 2 heterocycles. The molecule has 0 saturated carbocycles. The molecule has 1 aromatic heterocycles. The van der Waals surface area contributed by atoms with Crippen LogP contribution in [0.25, 0.3) is 10.9 Å². The Hall–Kier alpha value is -0.770. The van der Waals surface area contributed by atoms with E-state index in [9.17, 15) is 0 Å². The van der Waals surface area contributed by atoms with Gasteiger partial charge in [0.2, 0.25) is 0 Å². The summed E-state index contributed by atoms with van der Waals surface area (Å²) >= 11 is 8.17. The number of rotatable bonds is 1. The second kappa shape index (κ2) is 5.08. The average Bonchev–Trinajstić information content (AvgIpc) is 2.41. The third-order valence-corrected chi connectivity index (χ3v) is 5.07. The minimum absolute atomic E-state index is 0.330. The Kier molecular flexibility index (Phi) is 3.46. The normalized spacial score (nSPS) is 24.3. The summed E-state index contributed by atoms with van der Waals surface area (Å²) in [5, 5.41) is 5.72. The van der Waals surface area contributed by atoms with E-state index >= 15 is 0 Å². The van der Waals surface area contributed by atoms with Crippen molar-refractivity contribution >= 4 is 34.3 Å². The van der Waals surface area contributed by atoms with Gasteiger partial charge in [-0.05, 0) is 36.4 Å². The Morgan fingerprint density at radius 1 is 1.39 bits per heavy atom. The van der Waals surface area contributed by atoms with Crippen LogP contribution in [0.4, 0.5) is 0 Å². The van der Waals surface area contributed by atoms with E-state index < -0.39 is 0 Å². The van der Waals surface area contributed by atoms with E-state index in [0.717, 1.165) is 28.4 Å². The Morgan fingerprint density at radius 3 is 3.06 bits per heavy atom. The molecule has 0 amide bonds. The molecule has 1 saturated heterocycles. The summed E-state index contributed by atoms with van der Waals surface area (Å²) in [6.45, 7) is 3.34. The van der Waals surface area contributed by atoms with Gasteiger partial charge in [0.1, 0.15) is 0 Å². The highest BCUT2D eigenvalue weighted by molar-refractivity contribution is 7.99. The molecule has 3 rings (SSSR count). The van der Waals surface area contributed by atoms with Crippen molar-refractivity contribution < 1.29 is 0 Å². The number of hydrogen-bond donors (Lipinski definition) is 1. The van der Waals surface area contributed by atoms with Gasteiger partial charge in [0.05, 0.1) is 10.9 Å². The van der Waals surface area contributed by atoms with Gasteiger partial charge in [0.15, 0.2) is 0 Å². The summed E-state index contributed by atoms with van der Waals surface area (Å²) in [5.74, 6) is 1.92. The lowest BCUT2D eigenvalue weighted by molar-refractivity contribution is 0.530. The van der Waals surface area contributed by atoms with Gasteiger partial charge >= 0.3 is 0 Å². The van der Waals surface area contributed by atoms with E-state index in [2.05, 4.69) is 23.3 Å². The molecule has 1 aliphatic rings. The minimum atomic E-state index is 0.330. The molecule has 4 heteroatoms. The second-order valence-corrected chi connectivity index (χ2v) is 6.31. The quantitative estimate of drug-likeness (QED) is 0.857. The van der Waals surface area contributed by atoms with Crippen molar-refractivity contribution in [1.82, 2.24) is 10.3 Å². The topological polar surface area (TPSA) is 24.9 Å². The van der Waals surface area contributed by atoms with Gasteiger partial charge in [-0.1, -0.05) is 24.6 Å². The number of pyridine rings is 1. The standard InChI is InChI=1S/C14H15ClN2S/c1-9-7-17-14(18-8-9)11-4-5-12(15)10-3-2-6-16-13(10)11/h2-6,9,14,17H,7-8H2,1H3. The summed E-state index contributed by atoms with van der Waals surface area (Å²) in [6, 6.07) is 8.03. The molecule has 1 N–H and O–H groups in total. The van der Waals surface area contributed by atoms with Gasteiger partial charge in [-0.3, -0.25) is 4.98 Å². The first-order valence-electron chi connectivity index (χ1n) is 6.14. The van der Waals surface area contributed by atoms with Gasteiger partial charge < -0.3 is 5.32 Å². The molecule has 1 aliphatic heterocycles. The zero-order valence-corrected chi connectivity index (χ0v) is 11.8. The molecular formula is C14H15ClN2S. The Balaban J connectivity index is 2.04. The predicted octanol–water partition coefficient (Wildman–Crippen LogP) is 3.86. The Labute approximate surface area is 116 Å². The first-order chi connectivity index (χ1) is 8.75. The molecule has 2 atom stereocenters. The van der Waals surface area contributed by atoms with Crippen LogP contribution in [0.3, 0.4) is 0 Å². The molecule has 0 spiro atoms. The zero-order chi connectivity index (χ0) is 12.5. The smallest absolute Gasteiger partial charge is 0.0810 e. The summed E-state index contributed by atoms with van der Waals surface area (Å²) < 4.78 is 0. The van der Waals surface area contributed by atoms with Crippen LogP contribution in [0.15, 0.2) is 30.5 Å². The first kappa shape index (κ1) is 12.3. The fourth-order valence-electron chi connectivity index (χ4n) is 2.26. The monoisotopic (exact) mass is 278 g/mol. The van der Waals surface area contributed by atoms with Crippen LogP contribution in [-0.2, 0) is 0 Å². The van der Waals surface area contributed by atoms with Crippen LogP contribution in [-0.4, -0.2) is 17.3 Å². The highest BCUT2D eigenvalue weighted by Crippen LogP contribution is 2.36. The fourth-order valence-corrected chi connectivity index (χ4v) is 3.70. The highest BCUT2D eigenvalue weighted by atomic mass is 35.5. The molecule has 0 radical (unpaired) electrons. The summed E-state index contributed by atoms with van der Waals surface area (Å²) in [4.78, 5) is 4.50. The van der Waals surface area contributed by atoms with E-state index in [4.69, 9.17) is 11.6 Å². The Bertz CT molecular complexity index is 565. The highest BCUT2D eigenvalue weighted by Gasteiger charge is 2.21. The molecular weight excluding hydrogens is 264 g/mol. The van der Waals surface area contributed by atoms with E-state index in [1.807, 2.05) is 36.2 Å². The molecule has 18 heavy (non-hydrogen) atoms. The van der Waals surface area contributed by atoms with Crippen LogP contribution in [0, 0.1) is 5.92 Å². The van der Waals surface area contributed by atoms with Crippen molar-refractivity contribution in [3.05, 3.63) is 41.0 Å². The van der Waals surface area contributed by atoms with Crippen LogP contribution in [0.5, 0.6) is 0 Å². The first-order valence-corrected chi connectivity index (χ1v) is 7.56. The van der Waals surface area contributed by atoms with E-state index in [0.29, 0.717) is 5.37 Å². The maximum absolute atomic E-state index is 6.22. The van der Waals surface area contributed by atoms with Crippen LogP contribution in [0.2, 0.25) is 5.02 Å². The van der Waals surface area contributed by atoms with Gasteiger partial charge in [-0.25, -0.2) is 0 Å². The number of hydrogen-bond acceptors (Lipinski definition) is 3. The van der Waals surface area contributed by atoms with Crippen LogP contribution < -0.4 is 5.32 Å². The predicted molar refractivity (Wildman–Crippen MR) is 79.1 cm³/mol. The fraction of sp³-hybridized carbons (Fsp3) is 0.357. The molecule has 1 fully saturated rings. The lowest BCUT2D eigenvalue weighted by Gasteiger charge is -2.28. The van der Waals surface area contributed by atoms with Crippen molar-refractivity contribution in [3.63, 3.8) is 0 Å². The summed E-state index contributed by atoms with van der Waals surface area (Å²) in [7, 11) is 0. The van der Waals surface area contributed by atoms with E-state index in [1.54, 1.807) is 0 Å². The molecule has 2 unspecified atom stereocenters. The molecule has 1 aromatic carbocycles. The van der Waals surface area contributed by atoms with Crippen molar-refractivity contribution in [3.8, 4) is 0 Å². The lowest BCUT2D eigenvalue weighted by Crippen LogP contribution is -2.31. The van der Waals surface area contributed by atoms with Gasteiger partial charge in [0, 0.05) is 22.2 Å². The van der Waals surface area contributed by atoms with Gasteiger partial charge in [-0.2, -0.15) is 0 Å². The van der Waals surface area contributed by atoms with Crippen LogP contribution >= 0.6 is 23.4 Å². The number of halogens is 1. The molecule has 2 aromatic rings. The van der Waals surface area contributed by atoms with Crippen LogP contribution in [0.1, 0.15) is 17.9 Å². The third-order valence-electron chi connectivity index (χ3n) is 3.23. The van der Waals surface area contributed by atoms with Gasteiger partial charge in [0.25, 0.3) is 0 Å². The Morgan fingerprint density at radius 2 is 2.28 bits per heavy atom. The van der Waals surface area contributed by atoms with Gasteiger partial charge in [-0.15, -0.1) is 11.8 Å². The van der Waals surface area contributed by atoms with Crippen molar-refractivity contribution in [1.29, 1.82) is 0 Å². The number of aromatic nitrogens is 1. The molecule has 0 aliphatic carbocycles. The summed E-state index contributed by atoms with van der Waals surface area (Å²) in [5.41, 5.74) is 2.26. The number of fused-ring (bicyclic) bond motifs is 1. The van der Waals surface area contributed by atoms with Crippen molar-refractivity contribution in [2.45, 2.75) is 12.3 Å². The molecule has 0 bridgehead atoms. The minimum Gasteiger partial charge on any atom is -0.301 e. The number of benzene rings is 1. The largest absolute Gasteiger partial charge is 0.301 e. The van der Waals surface area contributed by atoms with Crippen molar-refractivity contribution in [2.75, 3.05) is 12.3 Å². The maximum atomic E-state index is 6.22.